The molecule has 1 aromatic heterocycles. The fraction of sp³-hybridized carbons (Fsp3) is 0.333. The topological polar surface area (TPSA) is 60.5 Å². The summed E-state index contributed by atoms with van der Waals surface area (Å²) in [5.74, 6) is 1.39. The Morgan fingerprint density at radius 2 is 2.13 bits per heavy atom. The number of rotatable bonds is 4. The second-order valence-corrected chi connectivity index (χ2v) is 5.70. The lowest BCUT2D eigenvalue weighted by Gasteiger charge is -2.26. The Hall–Kier alpha value is -2.56. The van der Waals surface area contributed by atoms with Crippen LogP contribution in [0.1, 0.15) is 24.1 Å². The maximum Gasteiger partial charge on any atom is 0.227 e. The van der Waals surface area contributed by atoms with Gasteiger partial charge in [-0.1, -0.05) is 6.07 Å². The van der Waals surface area contributed by atoms with Gasteiger partial charge in [-0.15, -0.1) is 0 Å². The van der Waals surface area contributed by atoms with Crippen LogP contribution in [0, 0.1) is 5.92 Å². The number of benzene rings is 1. The summed E-state index contributed by atoms with van der Waals surface area (Å²) in [6.45, 7) is 2.35. The van der Waals surface area contributed by atoms with E-state index in [4.69, 9.17) is 9.47 Å². The van der Waals surface area contributed by atoms with Crippen molar-refractivity contribution in [2.24, 2.45) is 5.92 Å². The smallest absolute Gasteiger partial charge is 0.227 e. The lowest BCUT2D eigenvalue weighted by molar-refractivity contribution is -0.126. The third-order valence-electron chi connectivity index (χ3n) is 4.12. The first-order valence-corrected chi connectivity index (χ1v) is 7.67. The van der Waals surface area contributed by atoms with E-state index in [1.54, 1.807) is 19.5 Å². The zero-order chi connectivity index (χ0) is 16.2. The van der Waals surface area contributed by atoms with E-state index < -0.39 is 0 Å². The molecule has 0 bridgehead atoms. The minimum absolute atomic E-state index is 0.00998. The first kappa shape index (κ1) is 15.3. The molecule has 2 aromatic rings. The molecule has 1 amide bonds. The molecule has 0 radical (unpaired) electrons. The molecule has 3 rings (SSSR count). The predicted molar refractivity (Wildman–Crippen MR) is 86.5 cm³/mol. The van der Waals surface area contributed by atoms with Crippen molar-refractivity contribution in [2.75, 3.05) is 13.7 Å². The van der Waals surface area contributed by atoms with Gasteiger partial charge in [-0.3, -0.25) is 9.78 Å². The number of pyridine rings is 1. The predicted octanol–water partition coefficient (Wildman–Crippen LogP) is 2.52. The van der Waals surface area contributed by atoms with E-state index in [-0.39, 0.29) is 17.9 Å². The zero-order valence-corrected chi connectivity index (χ0v) is 13.3. The molecular formula is C18H20N2O3. The van der Waals surface area contributed by atoms with Crippen LogP contribution in [0.15, 0.2) is 42.7 Å². The molecule has 1 aliphatic rings. The number of nitrogens with one attached hydrogen (secondary N) is 1. The number of nitrogens with zero attached hydrogens (tertiary/aromatic N) is 1. The number of methoxy groups -OCH3 is 1. The lowest BCUT2D eigenvalue weighted by Crippen LogP contribution is -2.38. The largest absolute Gasteiger partial charge is 0.497 e. The average Bonchev–Trinajstić information content (AvgIpc) is 2.61. The quantitative estimate of drug-likeness (QED) is 0.942. The molecule has 1 aliphatic heterocycles. The van der Waals surface area contributed by atoms with Gasteiger partial charge in [0.25, 0.3) is 0 Å². The summed E-state index contributed by atoms with van der Waals surface area (Å²) in [6.07, 6.45) is 4.13. The molecule has 0 fully saturated rings. The maximum absolute atomic E-state index is 12.5. The second-order valence-electron chi connectivity index (χ2n) is 5.70. The van der Waals surface area contributed by atoms with Crippen LogP contribution in [0.2, 0.25) is 0 Å². The van der Waals surface area contributed by atoms with Crippen LogP contribution in [0.4, 0.5) is 0 Å². The van der Waals surface area contributed by atoms with Crippen LogP contribution in [0.3, 0.4) is 0 Å². The van der Waals surface area contributed by atoms with E-state index in [0.29, 0.717) is 13.0 Å². The van der Waals surface area contributed by atoms with Gasteiger partial charge in [0.05, 0.1) is 19.1 Å². The molecule has 0 saturated heterocycles. The highest BCUT2D eigenvalue weighted by Gasteiger charge is 2.27. The summed E-state index contributed by atoms with van der Waals surface area (Å²) in [6, 6.07) is 9.47. The summed E-state index contributed by atoms with van der Waals surface area (Å²) in [7, 11) is 1.63. The van der Waals surface area contributed by atoms with Crippen molar-refractivity contribution in [3.63, 3.8) is 0 Å². The fourth-order valence-corrected chi connectivity index (χ4v) is 2.71. The monoisotopic (exact) mass is 312 g/mol. The number of ether oxygens (including phenoxy) is 2. The number of carbonyl (C=O) groups is 1. The van der Waals surface area contributed by atoms with Crippen LogP contribution in [0.5, 0.6) is 11.5 Å². The summed E-state index contributed by atoms with van der Waals surface area (Å²) in [5.41, 5.74) is 2.07. The van der Waals surface area contributed by atoms with E-state index in [1.165, 1.54) is 0 Å². The molecule has 0 unspecified atom stereocenters. The first-order chi connectivity index (χ1) is 11.2. The van der Waals surface area contributed by atoms with Crippen molar-refractivity contribution < 1.29 is 14.3 Å². The highest BCUT2D eigenvalue weighted by molar-refractivity contribution is 5.80. The highest BCUT2D eigenvalue weighted by Crippen LogP contribution is 2.31. The summed E-state index contributed by atoms with van der Waals surface area (Å²) in [5, 5.41) is 3.05. The normalized spacial score (nSPS) is 17.6. The van der Waals surface area contributed by atoms with Crippen molar-refractivity contribution in [3.8, 4) is 11.5 Å². The van der Waals surface area contributed by atoms with E-state index in [1.807, 2.05) is 37.3 Å². The van der Waals surface area contributed by atoms with Gasteiger partial charge in [-0.2, -0.15) is 0 Å². The number of amides is 1. The van der Waals surface area contributed by atoms with Gasteiger partial charge in [0, 0.05) is 18.5 Å². The van der Waals surface area contributed by atoms with Crippen molar-refractivity contribution in [1.29, 1.82) is 0 Å². The zero-order valence-electron chi connectivity index (χ0n) is 13.3. The van der Waals surface area contributed by atoms with Gasteiger partial charge in [0.1, 0.15) is 18.1 Å². The van der Waals surface area contributed by atoms with E-state index >= 15 is 0 Å². The Morgan fingerprint density at radius 1 is 1.35 bits per heavy atom. The van der Waals surface area contributed by atoms with Crippen LogP contribution >= 0.6 is 0 Å². The third kappa shape index (κ3) is 3.44. The molecule has 5 nitrogen and oxygen atoms in total. The summed E-state index contributed by atoms with van der Waals surface area (Å²) < 4.78 is 10.9. The van der Waals surface area contributed by atoms with Crippen LogP contribution < -0.4 is 14.8 Å². The summed E-state index contributed by atoms with van der Waals surface area (Å²) >= 11 is 0. The molecule has 23 heavy (non-hydrogen) atoms. The molecule has 120 valence electrons. The molecule has 1 N–H and O–H groups in total. The van der Waals surface area contributed by atoms with Gasteiger partial charge in [-0.25, -0.2) is 0 Å². The Labute approximate surface area is 135 Å². The molecule has 0 saturated carbocycles. The molecule has 0 spiro atoms. The molecular weight excluding hydrogens is 292 g/mol. The molecule has 1 aromatic carbocycles. The molecule has 5 heteroatoms. The number of hydrogen-bond acceptors (Lipinski definition) is 4. The molecule has 2 heterocycles. The average molecular weight is 312 g/mol. The highest BCUT2D eigenvalue weighted by atomic mass is 16.5. The second kappa shape index (κ2) is 6.69. The Balaban J connectivity index is 1.65. The third-order valence-corrected chi connectivity index (χ3v) is 4.12. The van der Waals surface area contributed by atoms with E-state index in [2.05, 4.69) is 10.3 Å². The lowest BCUT2D eigenvalue weighted by atomic mass is 9.95. The standard InChI is InChI=1S/C18H20N2O3/c1-12(13-5-7-19-8-6-13)20-18(21)15-9-14-3-4-16(22-2)10-17(14)23-11-15/h3-8,10,12,15H,9,11H2,1-2H3,(H,20,21)/t12-,15-/m0/s1. The molecule has 2 atom stereocenters. The van der Waals surface area contributed by atoms with Crippen molar-refractivity contribution in [3.05, 3.63) is 53.9 Å². The van der Waals surface area contributed by atoms with Crippen molar-refractivity contribution >= 4 is 5.91 Å². The van der Waals surface area contributed by atoms with Crippen LogP contribution in [-0.4, -0.2) is 24.6 Å². The van der Waals surface area contributed by atoms with Gasteiger partial charge >= 0.3 is 0 Å². The van der Waals surface area contributed by atoms with Crippen LogP contribution in [0.25, 0.3) is 0 Å². The Morgan fingerprint density at radius 3 is 2.87 bits per heavy atom. The SMILES string of the molecule is COc1ccc2c(c1)OC[C@@H](C(=O)N[C@@H](C)c1ccncc1)C2. The number of aromatic nitrogens is 1. The van der Waals surface area contributed by atoms with Crippen LogP contribution in [-0.2, 0) is 11.2 Å². The van der Waals surface area contributed by atoms with Gasteiger partial charge in [0.15, 0.2) is 0 Å². The number of fused-ring (bicyclic) bond motifs is 1. The van der Waals surface area contributed by atoms with Gasteiger partial charge in [-0.05, 0) is 42.7 Å². The van der Waals surface area contributed by atoms with Gasteiger partial charge < -0.3 is 14.8 Å². The first-order valence-electron chi connectivity index (χ1n) is 7.67. The van der Waals surface area contributed by atoms with E-state index in [0.717, 1.165) is 22.6 Å². The van der Waals surface area contributed by atoms with E-state index in [9.17, 15) is 4.79 Å². The minimum Gasteiger partial charge on any atom is -0.497 e. The fourth-order valence-electron chi connectivity index (χ4n) is 2.71. The number of hydrogen-bond donors (Lipinski definition) is 1. The molecule has 0 aliphatic carbocycles. The maximum atomic E-state index is 12.5. The van der Waals surface area contributed by atoms with Gasteiger partial charge in [0.2, 0.25) is 5.91 Å². The Bertz CT molecular complexity index is 688. The van der Waals surface area contributed by atoms with Crippen molar-refractivity contribution in [1.82, 2.24) is 10.3 Å². The minimum atomic E-state index is -0.180. The summed E-state index contributed by atoms with van der Waals surface area (Å²) in [4.78, 5) is 16.5. The number of carbonyl (C=O) groups excluding carboxylic acids is 1. The Kier molecular flexibility index (Phi) is 4.46. The van der Waals surface area contributed by atoms with Crippen molar-refractivity contribution in [2.45, 2.75) is 19.4 Å².